The molecule has 2 heteroatoms. The van der Waals surface area contributed by atoms with E-state index in [1.54, 1.807) is 12.1 Å². The predicted octanol–water partition coefficient (Wildman–Crippen LogP) is 7.30. The standard InChI is InChI=1S/C25H35FO/c1-3-5-7-10-21-13-15-22(16-14-21)11-8-9-12-23-17-18-24(20-25(23)26)27-19-6-4-2/h8,11,17-18,20-22H,3-7,10,13-16,19H2,1-2H3/t21-,22-. The van der Waals surface area contributed by atoms with E-state index >= 15 is 0 Å². The van der Waals surface area contributed by atoms with Crippen LogP contribution in [0.5, 0.6) is 5.75 Å². The van der Waals surface area contributed by atoms with E-state index in [0.717, 1.165) is 18.8 Å². The lowest BCUT2D eigenvalue weighted by Gasteiger charge is -2.26. The Balaban J connectivity index is 1.76. The molecule has 0 bridgehead atoms. The Morgan fingerprint density at radius 2 is 1.85 bits per heavy atom. The second-order valence-electron chi connectivity index (χ2n) is 7.75. The second kappa shape index (κ2) is 12.6. The van der Waals surface area contributed by atoms with Gasteiger partial charge in [-0.15, -0.1) is 0 Å². The fourth-order valence-corrected chi connectivity index (χ4v) is 3.68. The molecule has 1 fully saturated rings. The van der Waals surface area contributed by atoms with Crippen molar-refractivity contribution in [1.29, 1.82) is 0 Å². The summed E-state index contributed by atoms with van der Waals surface area (Å²) in [6.07, 6.45) is 16.9. The zero-order valence-electron chi connectivity index (χ0n) is 17.1. The number of hydrogen-bond acceptors (Lipinski definition) is 1. The molecule has 27 heavy (non-hydrogen) atoms. The predicted molar refractivity (Wildman–Crippen MR) is 112 cm³/mol. The van der Waals surface area contributed by atoms with E-state index in [0.29, 0.717) is 23.8 Å². The van der Waals surface area contributed by atoms with E-state index in [1.807, 2.05) is 6.08 Å². The quantitative estimate of drug-likeness (QED) is 0.327. The minimum atomic E-state index is -0.308. The normalized spacial score (nSPS) is 19.7. The fourth-order valence-electron chi connectivity index (χ4n) is 3.68. The summed E-state index contributed by atoms with van der Waals surface area (Å²) in [7, 11) is 0. The number of rotatable bonds is 9. The van der Waals surface area contributed by atoms with Crippen LogP contribution in [0.25, 0.3) is 0 Å². The molecule has 1 aromatic carbocycles. The van der Waals surface area contributed by atoms with Crippen molar-refractivity contribution in [3.8, 4) is 17.6 Å². The summed E-state index contributed by atoms with van der Waals surface area (Å²) >= 11 is 0. The third kappa shape index (κ3) is 8.21. The van der Waals surface area contributed by atoms with Crippen LogP contribution in [-0.4, -0.2) is 6.61 Å². The molecule has 0 spiro atoms. The highest BCUT2D eigenvalue weighted by Gasteiger charge is 2.18. The Morgan fingerprint density at radius 3 is 2.56 bits per heavy atom. The van der Waals surface area contributed by atoms with Gasteiger partial charge in [-0.05, 0) is 62.1 Å². The van der Waals surface area contributed by atoms with E-state index in [4.69, 9.17) is 4.74 Å². The molecule has 0 unspecified atom stereocenters. The van der Waals surface area contributed by atoms with E-state index in [1.165, 1.54) is 57.4 Å². The third-order valence-corrected chi connectivity index (χ3v) is 5.47. The average molecular weight is 371 g/mol. The molecule has 1 nitrogen and oxygen atoms in total. The topological polar surface area (TPSA) is 9.23 Å². The van der Waals surface area contributed by atoms with Crippen LogP contribution < -0.4 is 4.74 Å². The number of ether oxygens (including phenoxy) is 1. The molecule has 148 valence electrons. The number of hydrogen-bond donors (Lipinski definition) is 0. The van der Waals surface area contributed by atoms with Crippen molar-refractivity contribution in [3.05, 3.63) is 41.7 Å². The number of unbranched alkanes of at least 4 members (excludes halogenated alkanes) is 3. The largest absolute Gasteiger partial charge is 0.493 e. The highest BCUT2D eigenvalue weighted by atomic mass is 19.1. The fraction of sp³-hybridized carbons (Fsp3) is 0.600. The van der Waals surface area contributed by atoms with Crippen molar-refractivity contribution >= 4 is 0 Å². The van der Waals surface area contributed by atoms with Crippen LogP contribution in [0.2, 0.25) is 0 Å². The monoisotopic (exact) mass is 370 g/mol. The van der Waals surface area contributed by atoms with Crippen molar-refractivity contribution in [1.82, 2.24) is 0 Å². The summed E-state index contributed by atoms with van der Waals surface area (Å²) in [6, 6.07) is 4.94. The van der Waals surface area contributed by atoms with Gasteiger partial charge in [0.2, 0.25) is 0 Å². The van der Waals surface area contributed by atoms with Crippen LogP contribution in [0.3, 0.4) is 0 Å². The zero-order valence-corrected chi connectivity index (χ0v) is 17.1. The lowest BCUT2D eigenvalue weighted by molar-refractivity contribution is 0.289. The third-order valence-electron chi connectivity index (χ3n) is 5.47. The molecule has 1 saturated carbocycles. The molecular formula is C25H35FO. The van der Waals surface area contributed by atoms with Crippen molar-refractivity contribution in [2.75, 3.05) is 6.61 Å². The van der Waals surface area contributed by atoms with Crippen molar-refractivity contribution < 1.29 is 9.13 Å². The summed E-state index contributed by atoms with van der Waals surface area (Å²) in [5.41, 5.74) is 0.433. The van der Waals surface area contributed by atoms with Gasteiger partial charge in [-0.2, -0.15) is 0 Å². The first-order valence-corrected chi connectivity index (χ1v) is 10.8. The van der Waals surface area contributed by atoms with Crippen LogP contribution in [0.4, 0.5) is 4.39 Å². The van der Waals surface area contributed by atoms with Crippen molar-refractivity contribution in [3.63, 3.8) is 0 Å². The first-order chi connectivity index (χ1) is 13.2. The minimum absolute atomic E-state index is 0.308. The van der Waals surface area contributed by atoms with Crippen LogP contribution in [0, 0.1) is 29.5 Å². The van der Waals surface area contributed by atoms with Crippen molar-refractivity contribution in [2.24, 2.45) is 11.8 Å². The molecule has 1 aliphatic carbocycles. The van der Waals surface area contributed by atoms with Crippen LogP contribution in [-0.2, 0) is 0 Å². The maximum absolute atomic E-state index is 14.1. The van der Waals surface area contributed by atoms with Gasteiger partial charge < -0.3 is 4.74 Å². The zero-order chi connectivity index (χ0) is 19.3. The van der Waals surface area contributed by atoms with Gasteiger partial charge in [-0.25, -0.2) is 4.39 Å². The van der Waals surface area contributed by atoms with Gasteiger partial charge in [0.05, 0.1) is 12.2 Å². The lowest BCUT2D eigenvalue weighted by atomic mass is 9.79. The van der Waals surface area contributed by atoms with E-state index in [9.17, 15) is 4.39 Å². The molecule has 0 radical (unpaired) electrons. The maximum Gasteiger partial charge on any atom is 0.142 e. The van der Waals surface area contributed by atoms with E-state index in [2.05, 4.69) is 31.8 Å². The number of allylic oxidation sites excluding steroid dienone is 2. The van der Waals surface area contributed by atoms with Crippen LogP contribution in [0.15, 0.2) is 30.4 Å². The average Bonchev–Trinajstić information content (AvgIpc) is 2.68. The minimum Gasteiger partial charge on any atom is -0.493 e. The Hall–Kier alpha value is -1.75. The molecular weight excluding hydrogens is 335 g/mol. The first-order valence-electron chi connectivity index (χ1n) is 10.8. The Labute approximate surface area is 165 Å². The van der Waals surface area contributed by atoms with Gasteiger partial charge in [-0.3, -0.25) is 0 Å². The van der Waals surface area contributed by atoms with Gasteiger partial charge in [0.25, 0.3) is 0 Å². The highest BCUT2D eigenvalue weighted by molar-refractivity contribution is 5.41. The summed E-state index contributed by atoms with van der Waals surface area (Å²) < 4.78 is 19.6. The lowest BCUT2D eigenvalue weighted by Crippen LogP contribution is -2.12. The molecule has 1 aliphatic rings. The van der Waals surface area contributed by atoms with Gasteiger partial charge in [0.1, 0.15) is 11.6 Å². The second-order valence-corrected chi connectivity index (χ2v) is 7.75. The summed E-state index contributed by atoms with van der Waals surface area (Å²) in [5, 5.41) is 0. The SMILES string of the molecule is CCCCC[C@H]1CC[C@H](C=CC#Cc2ccc(OCCCC)cc2F)CC1. The molecule has 0 aliphatic heterocycles. The van der Waals surface area contributed by atoms with Gasteiger partial charge in [0, 0.05) is 6.07 Å². The summed E-state index contributed by atoms with van der Waals surface area (Å²) in [6.45, 7) is 5.00. The molecule has 0 aromatic heterocycles. The van der Waals surface area contributed by atoms with Crippen LogP contribution in [0.1, 0.15) is 83.6 Å². The molecule has 0 atom stereocenters. The van der Waals surface area contributed by atoms with Gasteiger partial charge in [0.15, 0.2) is 0 Å². The Bertz CT molecular complexity index is 629. The highest BCUT2D eigenvalue weighted by Crippen LogP contribution is 2.32. The van der Waals surface area contributed by atoms with Crippen molar-refractivity contribution in [2.45, 2.75) is 78.1 Å². The molecule has 0 saturated heterocycles. The van der Waals surface area contributed by atoms with Gasteiger partial charge >= 0.3 is 0 Å². The molecule has 0 N–H and O–H groups in total. The molecule has 1 aromatic rings. The van der Waals surface area contributed by atoms with Gasteiger partial charge in [-0.1, -0.05) is 63.9 Å². The number of halogens is 1. The van der Waals surface area contributed by atoms with E-state index < -0.39 is 0 Å². The summed E-state index contributed by atoms with van der Waals surface area (Å²) in [4.78, 5) is 0. The van der Waals surface area contributed by atoms with E-state index in [-0.39, 0.29) is 5.82 Å². The number of benzene rings is 1. The Morgan fingerprint density at radius 1 is 1.07 bits per heavy atom. The first kappa shape index (κ1) is 21.5. The Kier molecular flexibility index (Phi) is 10.1. The maximum atomic E-state index is 14.1. The van der Waals surface area contributed by atoms with Crippen LogP contribution >= 0.6 is 0 Å². The molecule has 0 amide bonds. The smallest absolute Gasteiger partial charge is 0.142 e. The summed E-state index contributed by atoms with van der Waals surface area (Å²) in [5.74, 6) is 7.77. The molecule has 0 heterocycles. The molecule has 2 rings (SSSR count).